The number of carbonyl (C=O) groups excluding carboxylic acids is 1. The molecule has 0 aromatic rings. The van der Waals surface area contributed by atoms with Gasteiger partial charge in [-0.2, -0.15) is 0 Å². The second kappa shape index (κ2) is 5.11. The third-order valence-electron chi connectivity index (χ3n) is 4.19. The van der Waals surface area contributed by atoms with Crippen LogP contribution in [0.5, 0.6) is 0 Å². The number of hydrogen-bond acceptors (Lipinski definition) is 2. The van der Waals surface area contributed by atoms with Crippen LogP contribution >= 0.6 is 0 Å². The fourth-order valence-electron chi connectivity index (χ4n) is 2.93. The first-order chi connectivity index (χ1) is 8.37. The Morgan fingerprint density at radius 1 is 1.33 bits per heavy atom. The zero-order valence-electron chi connectivity index (χ0n) is 10.7. The number of amides is 1. The number of aliphatic hydroxyl groups is 1. The maximum atomic E-state index is 13.0. The van der Waals surface area contributed by atoms with Crippen LogP contribution in [-0.2, 0) is 4.79 Å². The van der Waals surface area contributed by atoms with E-state index in [1.165, 1.54) is 0 Å². The summed E-state index contributed by atoms with van der Waals surface area (Å²) in [6.07, 6.45) is 1.54. The van der Waals surface area contributed by atoms with Crippen molar-refractivity contribution < 1.29 is 18.7 Å². The minimum absolute atomic E-state index is 0.00751. The van der Waals surface area contributed by atoms with Gasteiger partial charge >= 0.3 is 0 Å². The molecular weight excluding hydrogens is 240 g/mol. The van der Waals surface area contributed by atoms with Crippen LogP contribution in [0.1, 0.15) is 38.5 Å². The molecule has 0 atom stereocenters. The zero-order chi connectivity index (χ0) is 13.3. The summed E-state index contributed by atoms with van der Waals surface area (Å²) < 4.78 is 26.0. The zero-order valence-corrected chi connectivity index (χ0v) is 10.7. The van der Waals surface area contributed by atoms with E-state index in [4.69, 9.17) is 0 Å². The molecule has 18 heavy (non-hydrogen) atoms. The SMILES string of the molecule is CN(CC1CC(O)C1)C(=O)C1CCC(F)(F)CC1. The van der Waals surface area contributed by atoms with Gasteiger partial charge in [-0.15, -0.1) is 0 Å². The minimum Gasteiger partial charge on any atom is -0.393 e. The van der Waals surface area contributed by atoms with Crippen LogP contribution in [0.4, 0.5) is 8.78 Å². The van der Waals surface area contributed by atoms with E-state index in [2.05, 4.69) is 0 Å². The van der Waals surface area contributed by atoms with Crippen molar-refractivity contribution in [2.45, 2.75) is 50.6 Å². The van der Waals surface area contributed by atoms with Crippen LogP contribution in [0.15, 0.2) is 0 Å². The summed E-state index contributed by atoms with van der Waals surface area (Å²) in [6.45, 7) is 0.642. The lowest BCUT2D eigenvalue weighted by atomic mass is 9.81. The van der Waals surface area contributed by atoms with Crippen LogP contribution in [0.2, 0.25) is 0 Å². The quantitative estimate of drug-likeness (QED) is 0.844. The molecule has 0 saturated heterocycles. The molecule has 0 heterocycles. The third kappa shape index (κ3) is 3.19. The van der Waals surface area contributed by atoms with E-state index >= 15 is 0 Å². The summed E-state index contributed by atoms with van der Waals surface area (Å²) in [4.78, 5) is 13.7. The molecule has 1 amide bonds. The Balaban J connectivity index is 1.77. The Morgan fingerprint density at radius 2 is 1.89 bits per heavy atom. The molecule has 0 aromatic carbocycles. The van der Waals surface area contributed by atoms with Crippen molar-refractivity contribution in [3.63, 3.8) is 0 Å². The minimum atomic E-state index is -2.58. The molecule has 1 N–H and O–H groups in total. The average molecular weight is 261 g/mol. The lowest BCUT2D eigenvalue weighted by Gasteiger charge is -2.36. The lowest BCUT2D eigenvalue weighted by Crippen LogP contribution is -2.43. The van der Waals surface area contributed by atoms with Crippen LogP contribution in [0, 0.1) is 11.8 Å². The topological polar surface area (TPSA) is 40.5 Å². The Kier molecular flexibility index (Phi) is 3.90. The smallest absolute Gasteiger partial charge is 0.248 e. The Morgan fingerprint density at radius 3 is 2.39 bits per heavy atom. The van der Waals surface area contributed by atoms with Gasteiger partial charge in [0.05, 0.1) is 6.10 Å². The molecule has 0 aromatic heterocycles. The van der Waals surface area contributed by atoms with Gasteiger partial charge in [0, 0.05) is 32.4 Å². The Labute approximate surface area is 106 Å². The van der Waals surface area contributed by atoms with E-state index < -0.39 is 5.92 Å². The van der Waals surface area contributed by atoms with Gasteiger partial charge in [0.25, 0.3) is 0 Å². The first kappa shape index (κ1) is 13.7. The summed E-state index contributed by atoms with van der Waals surface area (Å²) in [5, 5.41) is 9.19. The number of hydrogen-bond donors (Lipinski definition) is 1. The summed E-state index contributed by atoms with van der Waals surface area (Å²) in [5.41, 5.74) is 0. The summed E-state index contributed by atoms with van der Waals surface area (Å²) in [5.74, 6) is -2.45. The lowest BCUT2D eigenvalue weighted by molar-refractivity contribution is -0.139. The fraction of sp³-hybridized carbons (Fsp3) is 0.923. The molecule has 2 rings (SSSR count). The standard InChI is InChI=1S/C13H21F2NO2/c1-16(8-9-6-11(17)7-9)12(18)10-2-4-13(14,15)5-3-10/h9-11,17H,2-8H2,1H3. The predicted octanol–water partition coefficient (Wildman–Crippen LogP) is 2.04. The maximum Gasteiger partial charge on any atom is 0.248 e. The van der Waals surface area contributed by atoms with Gasteiger partial charge in [-0.05, 0) is 31.6 Å². The van der Waals surface area contributed by atoms with Gasteiger partial charge in [-0.3, -0.25) is 4.79 Å². The summed E-state index contributed by atoms with van der Waals surface area (Å²) in [7, 11) is 1.74. The van der Waals surface area contributed by atoms with Crippen LogP contribution in [0.3, 0.4) is 0 Å². The van der Waals surface area contributed by atoms with Gasteiger partial charge in [0.2, 0.25) is 11.8 Å². The maximum absolute atomic E-state index is 13.0. The molecule has 5 heteroatoms. The summed E-state index contributed by atoms with van der Waals surface area (Å²) >= 11 is 0. The van der Waals surface area contributed by atoms with E-state index in [0.717, 1.165) is 12.8 Å². The monoisotopic (exact) mass is 261 g/mol. The van der Waals surface area contributed by atoms with E-state index in [-0.39, 0.29) is 30.8 Å². The van der Waals surface area contributed by atoms with E-state index in [1.807, 2.05) is 0 Å². The first-order valence-corrected chi connectivity index (χ1v) is 6.68. The molecule has 0 unspecified atom stereocenters. The van der Waals surface area contributed by atoms with Crippen LogP contribution in [-0.4, -0.2) is 41.5 Å². The van der Waals surface area contributed by atoms with Crippen molar-refractivity contribution in [1.29, 1.82) is 0 Å². The number of nitrogens with zero attached hydrogens (tertiary/aromatic N) is 1. The van der Waals surface area contributed by atoms with Crippen molar-refractivity contribution in [1.82, 2.24) is 4.90 Å². The molecule has 2 aliphatic rings. The molecule has 104 valence electrons. The highest BCUT2D eigenvalue weighted by Gasteiger charge is 2.38. The highest BCUT2D eigenvalue weighted by Crippen LogP contribution is 2.37. The van der Waals surface area contributed by atoms with Crippen molar-refractivity contribution in [3.8, 4) is 0 Å². The number of halogens is 2. The second-order valence-corrected chi connectivity index (χ2v) is 5.84. The van der Waals surface area contributed by atoms with Crippen molar-refractivity contribution in [2.24, 2.45) is 11.8 Å². The van der Waals surface area contributed by atoms with Crippen LogP contribution in [0.25, 0.3) is 0 Å². The van der Waals surface area contributed by atoms with E-state index in [9.17, 15) is 18.7 Å². The van der Waals surface area contributed by atoms with Gasteiger partial charge in [-0.1, -0.05) is 0 Å². The fourth-order valence-corrected chi connectivity index (χ4v) is 2.93. The number of carbonyl (C=O) groups is 1. The van der Waals surface area contributed by atoms with Crippen molar-refractivity contribution in [2.75, 3.05) is 13.6 Å². The van der Waals surface area contributed by atoms with Gasteiger partial charge in [0.15, 0.2) is 0 Å². The molecule has 0 aliphatic heterocycles. The van der Waals surface area contributed by atoms with E-state index in [1.54, 1.807) is 11.9 Å². The van der Waals surface area contributed by atoms with Gasteiger partial charge in [-0.25, -0.2) is 8.78 Å². The van der Waals surface area contributed by atoms with Gasteiger partial charge < -0.3 is 10.0 Å². The molecule has 0 radical (unpaired) electrons. The third-order valence-corrected chi connectivity index (χ3v) is 4.19. The highest BCUT2D eigenvalue weighted by molar-refractivity contribution is 5.78. The number of alkyl halides is 2. The molecule has 2 fully saturated rings. The molecule has 2 saturated carbocycles. The average Bonchev–Trinajstić information content (AvgIpc) is 2.26. The molecular formula is C13H21F2NO2. The van der Waals surface area contributed by atoms with Crippen LogP contribution < -0.4 is 0 Å². The van der Waals surface area contributed by atoms with Crippen molar-refractivity contribution in [3.05, 3.63) is 0 Å². The second-order valence-electron chi connectivity index (χ2n) is 5.84. The molecule has 3 nitrogen and oxygen atoms in total. The predicted molar refractivity (Wildman–Crippen MR) is 63.3 cm³/mol. The van der Waals surface area contributed by atoms with E-state index in [0.29, 0.717) is 25.3 Å². The molecule has 0 bridgehead atoms. The Bertz CT molecular complexity index is 306. The van der Waals surface area contributed by atoms with Gasteiger partial charge in [0.1, 0.15) is 0 Å². The normalized spacial score (nSPS) is 31.8. The highest BCUT2D eigenvalue weighted by atomic mass is 19.3. The first-order valence-electron chi connectivity index (χ1n) is 6.68. The summed E-state index contributed by atoms with van der Waals surface area (Å²) in [6, 6.07) is 0. The molecule has 0 spiro atoms. The number of rotatable bonds is 3. The molecule has 2 aliphatic carbocycles. The number of aliphatic hydroxyl groups excluding tert-OH is 1. The largest absolute Gasteiger partial charge is 0.393 e. The van der Waals surface area contributed by atoms with Crippen molar-refractivity contribution >= 4 is 5.91 Å². The Hall–Kier alpha value is -0.710.